The van der Waals surface area contributed by atoms with Gasteiger partial charge in [-0.15, -0.1) is 0 Å². The van der Waals surface area contributed by atoms with Crippen molar-refractivity contribution in [3.63, 3.8) is 0 Å². The van der Waals surface area contributed by atoms with Crippen LogP contribution in [0.3, 0.4) is 0 Å². The molecule has 4 heteroatoms. The molecule has 1 aliphatic heterocycles. The minimum Gasteiger partial charge on any atom is -0.466 e. The molecule has 0 amide bonds. The molecule has 0 aromatic carbocycles. The lowest BCUT2D eigenvalue weighted by Gasteiger charge is -2.11. The fraction of sp³-hybridized carbons (Fsp3) is 0.667. The van der Waals surface area contributed by atoms with E-state index >= 15 is 0 Å². The topological polar surface area (TPSA) is 55.8 Å². The van der Waals surface area contributed by atoms with E-state index in [0.717, 1.165) is 0 Å². The lowest BCUT2D eigenvalue weighted by molar-refractivity contribution is -0.136. The quantitative estimate of drug-likeness (QED) is 0.586. The monoisotopic (exact) mass is 184 g/mol. The molecular weight excluding hydrogens is 172 g/mol. The molecule has 1 fully saturated rings. The number of carbonyl (C=O) groups excluding carboxylic acids is 1. The van der Waals surface area contributed by atoms with Gasteiger partial charge in [-0.25, -0.2) is 4.79 Å². The van der Waals surface area contributed by atoms with E-state index in [1.54, 1.807) is 0 Å². The lowest BCUT2D eigenvalue weighted by Crippen LogP contribution is -2.19. The average Bonchev–Trinajstić information content (AvgIpc) is 2.68. The molecule has 1 aliphatic carbocycles. The Morgan fingerprint density at radius 2 is 2.54 bits per heavy atom. The Balaban J connectivity index is 2.13. The molecule has 2 rings (SSSR count). The maximum atomic E-state index is 11.2. The van der Waals surface area contributed by atoms with Crippen LogP contribution in [0.25, 0.3) is 0 Å². The van der Waals surface area contributed by atoms with Gasteiger partial charge in [-0.1, -0.05) is 6.08 Å². The molecule has 1 heterocycles. The highest BCUT2D eigenvalue weighted by molar-refractivity contribution is 5.89. The molecule has 0 radical (unpaired) electrons. The maximum absolute atomic E-state index is 11.2. The Morgan fingerprint density at radius 1 is 1.77 bits per heavy atom. The van der Waals surface area contributed by atoms with Gasteiger partial charge in [0.15, 0.2) is 6.29 Å². The summed E-state index contributed by atoms with van der Waals surface area (Å²) in [5, 5.41) is 9.36. The van der Waals surface area contributed by atoms with E-state index in [9.17, 15) is 9.90 Å². The molecule has 1 N–H and O–H groups in total. The summed E-state index contributed by atoms with van der Waals surface area (Å²) in [4.78, 5) is 11.2. The third kappa shape index (κ3) is 1.26. The molecule has 72 valence electrons. The zero-order valence-electron chi connectivity index (χ0n) is 7.40. The van der Waals surface area contributed by atoms with Gasteiger partial charge in [-0.2, -0.15) is 0 Å². The van der Waals surface area contributed by atoms with Crippen LogP contribution in [0.2, 0.25) is 0 Å². The first-order chi connectivity index (χ1) is 6.24. The second-order valence-electron chi connectivity index (χ2n) is 3.38. The minimum atomic E-state index is -0.719. The number of rotatable bonds is 1. The van der Waals surface area contributed by atoms with Crippen molar-refractivity contribution in [3.8, 4) is 0 Å². The van der Waals surface area contributed by atoms with Crippen LogP contribution in [0.4, 0.5) is 0 Å². The molecule has 4 nitrogen and oxygen atoms in total. The van der Waals surface area contributed by atoms with Gasteiger partial charge in [0, 0.05) is 17.4 Å². The summed E-state index contributed by atoms with van der Waals surface area (Å²) >= 11 is 0. The smallest absolute Gasteiger partial charge is 0.333 e. The highest BCUT2D eigenvalue weighted by Crippen LogP contribution is 2.40. The Labute approximate surface area is 76.1 Å². The zero-order valence-corrected chi connectivity index (χ0v) is 7.40. The Bertz CT molecular complexity index is 258. The van der Waals surface area contributed by atoms with Crippen molar-refractivity contribution in [1.29, 1.82) is 0 Å². The summed E-state index contributed by atoms with van der Waals surface area (Å²) in [6.07, 6.45) is 1.83. The van der Waals surface area contributed by atoms with Crippen LogP contribution in [-0.2, 0) is 14.3 Å². The molecule has 0 spiro atoms. The van der Waals surface area contributed by atoms with Gasteiger partial charge in [0.25, 0.3) is 0 Å². The Kier molecular flexibility index (Phi) is 2.09. The van der Waals surface area contributed by atoms with Crippen LogP contribution in [-0.4, -0.2) is 31.1 Å². The van der Waals surface area contributed by atoms with Crippen molar-refractivity contribution >= 4 is 5.97 Å². The van der Waals surface area contributed by atoms with E-state index < -0.39 is 6.29 Å². The lowest BCUT2D eigenvalue weighted by atomic mass is 9.94. The first kappa shape index (κ1) is 8.72. The molecule has 2 aliphatic rings. The number of fused-ring (bicyclic) bond motifs is 1. The summed E-state index contributed by atoms with van der Waals surface area (Å²) in [5.41, 5.74) is 0.657. The van der Waals surface area contributed by atoms with E-state index in [4.69, 9.17) is 4.74 Å². The van der Waals surface area contributed by atoms with Crippen molar-refractivity contribution in [2.24, 2.45) is 11.8 Å². The van der Waals surface area contributed by atoms with E-state index in [1.807, 2.05) is 6.08 Å². The van der Waals surface area contributed by atoms with Crippen LogP contribution in [0.15, 0.2) is 11.6 Å². The van der Waals surface area contributed by atoms with Gasteiger partial charge in [0.2, 0.25) is 0 Å². The second-order valence-corrected chi connectivity index (χ2v) is 3.38. The van der Waals surface area contributed by atoms with E-state index in [-0.39, 0.29) is 17.8 Å². The molecule has 0 aromatic heterocycles. The standard InChI is InChI=1S/C9H12O4/c1-12-8(10)5-2-3-6-7(5)4-13-9(6)11/h2,6-7,9,11H,3-4H2,1H3. The maximum Gasteiger partial charge on any atom is 0.333 e. The van der Waals surface area contributed by atoms with Gasteiger partial charge in [-0.3, -0.25) is 0 Å². The number of aliphatic hydroxyl groups excluding tert-OH is 1. The van der Waals surface area contributed by atoms with E-state index in [1.165, 1.54) is 7.11 Å². The van der Waals surface area contributed by atoms with Crippen molar-refractivity contribution in [3.05, 3.63) is 11.6 Å². The summed E-state index contributed by atoms with van der Waals surface area (Å²) in [6, 6.07) is 0. The second kappa shape index (κ2) is 3.12. The highest BCUT2D eigenvalue weighted by Gasteiger charge is 2.43. The van der Waals surface area contributed by atoms with Gasteiger partial charge in [0.1, 0.15) is 0 Å². The number of ether oxygens (including phenoxy) is 2. The van der Waals surface area contributed by atoms with E-state index in [2.05, 4.69) is 4.74 Å². The SMILES string of the molecule is COC(=O)C1=CCC2C(O)OCC12. The van der Waals surface area contributed by atoms with Crippen molar-refractivity contribution < 1.29 is 19.4 Å². The zero-order chi connectivity index (χ0) is 9.42. The molecule has 0 bridgehead atoms. The predicted molar refractivity (Wildman–Crippen MR) is 43.7 cm³/mol. The number of esters is 1. The third-order valence-electron chi connectivity index (χ3n) is 2.76. The molecule has 0 saturated carbocycles. The third-order valence-corrected chi connectivity index (χ3v) is 2.76. The number of aliphatic hydroxyl groups is 1. The van der Waals surface area contributed by atoms with Crippen LogP contribution in [0.1, 0.15) is 6.42 Å². The Morgan fingerprint density at radius 3 is 3.23 bits per heavy atom. The predicted octanol–water partition coefficient (Wildman–Crippen LogP) is 0.0705. The number of hydrogen-bond donors (Lipinski definition) is 1. The first-order valence-corrected chi connectivity index (χ1v) is 4.32. The van der Waals surface area contributed by atoms with Crippen LogP contribution in [0, 0.1) is 11.8 Å². The van der Waals surface area contributed by atoms with Crippen molar-refractivity contribution in [2.45, 2.75) is 12.7 Å². The Hall–Kier alpha value is -0.870. The summed E-state index contributed by atoms with van der Waals surface area (Å²) in [7, 11) is 1.36. The molecule has 3 atom stereocenters. The fourth-order valence-corrected chi connectivity index (χ4v) is 2.02. The van der Waals surface area contributed by atoms with Gasteiger partial charge >= 0.3 is 5.97 Å². The molecule has 0 aromatic rings. The minimum absolute atomic E-state index is 0.0300. The summed E-state index contributed by atoms with van der Waals surface area (Å²) in [5.74, 6) is -0.221. The largest absolute Gasteiger partial charge is 0.466 e. The van der Waals surface area contributed by atoms with Gasteiger partial charge < -0.3 is 14.6 Å². The molecule has 3 unspecified atom stereocenters. The number of methoxy groups -OCH3 is 1. The number of allylic oxidation sites excluding steroid dienone is 1. The van der Waals surface area contributed by atoms with E-state index in [0.29, 0.717) is 18.6 Å². The molecule has 13 heavy (non-hydrogen) atoms. The normalized spacial score (nSPS) is 37.1. The highest BCUT2D eigenvalue weighted by atomic mass is 16.6. The number of hydrogen-bond acceptors (Lipinski definition) is 4. The fourth-order valence-electron chi connectivity index (χ4n) is 2.02. The molecule has 1 saturated heterocycles. The van der Waals surface area contributed by atoms with Crippen LogP contribution in [0.5, 0.6) is 0 Å². The summed E-state index contributed by atoms with van der Waals surface area (Å²) < 4.78 is 9.68. The summed E-state index contributed by atoms with van der Waals surface area (Å²) in [6.45, 7) is 0.423. The van der Waals surface area contributed by atoms with Crippen molar-refractivity contribution in [2.75, 3.05) is 13.7 Å². The molecular formula is C9H12O4. The van der Waals surface area contributed by atoms with Crippen LogP contribution < -0.4 is 0 Å². The first-order valence-electron chi connectivity index (χ1n) is 4.32. The number of carbonyl (C=O) groups is 1. The van der Waals surface area contributed by atoms with Crippen molar-refractivity contribution in [1.82, 2.24) is 0 Å². The van der Waals surface area contributed by atoms with Crippen LogP contribution >= 0.6 is 0 Å². The van der Waals surface area contributed by atoms with Gasteiger partial charge in [-0.05, 0) is 6.42 Å². The average molecular weight is 184 g/mol. The van der Waals surface area contributed by atoms with Gasteiger partial charge in [0.05, 0.1) is 13.7 Å².